The van der Waals surface area contributed by atoms with Gasteiger partial charge in [0, 0.05) is 0 Å². The first kappa shape index (κ1) is 7.35. The van der Waals surface area contributed by atoms with Crippen LogP contribution in [0.15, 0.2) is 24.3 Å². The maximum absolute atomic E-state index is 11.9. The Morgan fingerprint density at radius 3 is 3.00 bits per heavy atom. The van der Waals surface area contributed by atoms with Crippen molar-refractivity contribution in [3.8, 4) is 5.75 Å². The van der Waals surface area contributed by atoms with Crippen molar-refractivity contribution < 1.29 is 9.13 Å². The normalized spacial score (nSPS) is 12.6. The second kappa shape index (κ2) is 3.42. The van der Waals surface area contributed by atoms with Crippen LogP contribution >= 0.6 is 11.6 Å². The van der Waals surface area contributed by atoms with Gasteiger partial charge in [0.05, 0.1) is 0 Å². The van der Waals surface area contributed by atoms with Gasteiger partial charge < -0.3 is 4.74 Å². The van der Waals surface area contributed by atoms with Gasteiger partial charge in [-0.25, -0.2) is 0 Å². The van der Waals surface area contributed by atoms with Crippen molar-refractivity contribution >= 4 is 11.6 Å². The van der Waals surface area contributed by atoms with E-state index >= 15 is 0 Å². The number of benzene rings is 1. The zero-order chi connectivity index (χ0) is 7.40. The molecule has 0 heterocycles. The lowest BCUT2D eigenvalue weighted by atomic mass is 10.3. The molecular formula is C7H5ClFO. The minimum Gasteiger partial charge on any atom is -0.447 e. The highest BCUT2D eigenvalue weighted by Gasteiger charge is 1.99. The molecule has 0 amide bonds. The molecule has 0 N–H and O–H groups in total. The van der Waals surface area contributed by atoms with E-state index in [0.29, 0.717) is 5.75 Å². The first-order valence-corrected chi connectivity index (χ1v) is 3.13. The van der Waals surface area contributed by atoms with Crippen LogP contribution in [0.2, 0.25) is 0 Å². The predicted octanol–water partition coefficient (Wildman–Crippen LogP) is 2.36. The average molecular weight is 160 g/mol. The molecule has 0 fully saturated rings. The highest BCUT2D eigenvalue weighted by Crippen LogP contribution is 2.12. The third kappa shape index (κ3) is 2.23. The third-order valence-corrected chi connectivity index (χ3v) is 0.993. The molecule has 1 atom stereocenters. The highest BCUT2D eigenvalue weighted by molar-refractivity contribution is 6.18. The molecular weight excluding hydrogens is 155 g/mol. The van der Waals surface area contributed by atoms with Crippen molar-refractivity contribution in [3.63, 3.8) is 0 Å². The van der Waals surface area contributed by atoms with E-state index in [1.54, 1.807) is 18.2 Å². The molecule has 1 nitrogen and oxygen atoms in total. The van der Waals surface area contributed by atoms with E-state index < -0.39 is 5.82 Å². The van der Waals surface area contributed by atoms with Crippen molar-refractivity contribution in [1.82, 2.24) is 0 Å². The number of hydrogen-bond acceptors (Lipinski definition) is 1. The number of alkyl halides is 2. The van der Waals surface area contributed by atoms with Crippen LogP contribution in [0.3, 0.4) is 0 Å². The molecule has 0 aliphatic rings. The molecule has 1 aromatic rings. The van der Waals surface area contributed by atoms with Gasteiger partial charge in [0.2, 0.25) is 0 Å². The molecule has 0 bridgehead atoms. The number of ether oxygens (including phenoxy) is 1. The van der Waals surface area contributed by atoms with Crippen LogP contribution in [0.1, 0.15) is 0 Å². The maximum atomic E-state index is 11.9. The molecule has 1 radical (unpaired) electrons. The summed E-state index contributed by atoms with van der Waals surface area (Å²) in [6.07, 6.45) is 0. The van der Waals surface area contributed by atoms with Gasteiger partial charge in [-0.15, -0.1) is 0 Å². The second-order valence-electron chi connectivity index (χ2n) is 1.62. The Hall–Kier alpha value is -0.760. The predicted molar refractivity (Wildman–Crippen MR) is 36.7 cm³/mol. The van der Waals surface area contributed by atoms with Crippen LogP contribution in [-0.4, -0.2) is 5.82 Å². The van der Waals surface area contributed by atoms with Gasteiger partial charge in [-0.1, -0.05) is 12.1 Å². The van der Waals surface area contributed by atoms with Gasteiger partial charge in [0.1, 0.15) is 5.75 Å². The highest BCUT2D eigenvalue weighted by atomic mass is 35.5. The van der Waals surface area contributed by atoms with E-state index in [1.165, 1.54) is 6.07 Å². The van der Waals surface area contributed by atoms with Gasteiger partial charge in [-0.3, -0.25) is 0 Å². The lowest BCUT2D eigenvalue weighted by Crippen LogP contribution is -1.99. The fourth-order valence-corrected chi connectivity index (χ4v) is 0.656. The summed E-state index contributed by atoms with van der Waals surface area (Å²) >= 11 is 4.91. The summed E-state index contributed by atoms with van der Waals surface area (Å²) in [6.45, 7) is 0. The van der Waals surface area contributed by atoms with E-state index in [2.05, 4.69) is 10.8 Å². The molecule has 0 aromatic heterocycles. The number of hydrogen-bond donors (Lipinski definition) is 0. The standard InChI is InChI=1S/C7H5ClFO/c8-7(9)10-6-4-2-1-3-5-6/h1-2,4-5,7H. The van der Waals surface area contributed by atoms with Crippen LogP contribution in [0.25, 0.3) is 0 Å². The van der Waals surface area contributed by atoms with Gasteiger partial charge in [0.15, 0.2) is 0 Å². The Labute approximate surface area is 63.4 Å². The molecule has 10 heavy (non-hydrogen) atoms. The van der Waals surface area contributed by atoms with Gasteiger partial charge >= 0.3 is 5.82 Å². The minimum atomic E-state index is -1.78. The molecule has 0 aliphatic carbocycles. The Bertz CT molecular complexity index is 188. The summed E-state index contributed by atoms with van der Waals surface area (Å²) in [5.74, 6) is -1.40. The summed E-state index contributed by atoms with van der Waals surface area (Å²) in [5.41, 5.74) is 0. The fourth-order valence-electron chi connectivity index (χ4n) is 0.553. The summed E-state index contributed by atoms with van der Waals surface area (Å²) in [4.78, 5) is 0. The smallest absolute Gasteiger partial charge is 0.316 e. The lowest BCUT2D eigenvalue weighted by molar-refractivity contribution is 0.147. The van der Waals surface area contributed by atoms with Crippen LogP contribution in [0.4, 0.5) is 4.39 Å². The summed E-state index contributed by atoms with van der Waals surface area (Å²) in [7, 11) is 0. The second-order valence-corrected chi connectivity index (χ2v) is 1.96. The van der Waals surface area contributed by atoms with Gasteiger partial charge in [-0.05, 0) is 29.8 Å². The summed E-state index contributed by atoms with van der Waals surface area (Å²) < 4.78 is 16.4. The third-order valence-electron chi connectivity index (χ3n) is 0.904. The number of rotatable bonds is 2. The molecule has 3 heteroatoms. The van der Waals surface area contributed by atoms with Crippen LogP contribution in [-0.2, 0) is 0 Å². The molecule has 0 saturated carbocycles. The van der Waals surface area contributed by atoms with Crippen molar-refractivity contribution in [3.05, 3.63) is 30.3 Å². The largest absolute Gasteiger partial charge is 0.447 e. The van der Waals surface area contributed by atoms with E-state index in [4.69, 9.17) is 11.6 Å². The lowest BCUT2D eigenvalue weighted by Gasteiger charge is -2.02. The number of halogens is 2. The SMILES string of the molecule is FC(Cl)Oc1c[c]ccc1. The molecule has 0 spiro atoms. The Balaban J connectivity index is 2.59. The van der Waals surface area contributed by atoms with Crippen molar-refractivity contribution in [2.45, 2.75) is 5.82 Å². The Morgan fingerprint density at radius 2 is 2.50 bits per heavy atom. The quantitative estimate of drug-likeness (QED) is 0.602. The van der Waals surface area contributed by atoms with Crippen LogP contribution < -0.4 is 4.74 Å². The van der Waals surface area contributed by atoms with E-state index in [9.17, 15) is 4.39 Å². The first-order chi connectivity index (χ1) is 4.79. The first-order valence-electron chi connectivity index (χ1n) is 2.70. The van der Waals surface area contributed by atoms with Gasteiger partial charge in [0.25, 0.3) is 0 Å². The average Bonchev–Trinajstić information content (AvgIpc) is 1.88. The molecule has 1 rings (SSSR count). The zero-order valence-corrected chi connectivity index (χ0v) is 5.81. The van der Waals surface area contributed by atoms with E-state index in [0.717, 1.165) is 0 Å². The Kier molecular flexibility index (Phi) is 2.51. The topological polar surface area (TPSA) is 9.23 Å². The Morgan fingerprint density at radius 1 is 1.70 bits per heavy atom. The maximum Gasteiger partial charge on any atom is 0.316 e. The molecule has 53 valence electrons. The van der Waals surface area contributed by atoms with Crippen LogP contribution in [0, 0.1) is 6.07 Å². The van der Waals surface area contributed by atoms with Crippen molar-refractivity contribution in [2.24, 2.45) is 0 Å². The summed E-state index contributed by atoms with van der Waals surface area (Å²) in [6, 6.07) is 9.21. The fraction of sp³-hybridized carbons (Fsp3) is 0.143. The molecule has 0 saturated heterocycles. The van der Waals surface area contributed by atoms with Crippen LogP contribution in [0.5, 0.6) is 5.75 Å². The monoisotopic (exact) mass is 159 g/mol. The minimum absolute atomic E-state index is 0.380. The molecule has 1 aromatic carbocycles. The zero-order valence-electron chi connectivity index (χ0n) is 5.05. The van der Waals surface area contributed by atoms with Crippen molar-refractivity contribution in [2.75, 3.05) is 0 Å². The van der Waals surface area contributed by atoms with E-state index in [-0.39, 0.29) is 0 Å². The molecule has 0 aliphatic heterocycles. The summed E-state index contributed by atoms with van der Waals surface area (Å²) in [5, 5.41) is 0. The van der Waals surface area contributed by atoms with Gasteiger partial charge in [-0.2, -0.15) is 4.39 Å². The molecule has 1 unspecified atom stereocenters. The van der Waals surface area contributed by atoms with Crippen molar-refractivity contribution in [1.29, 1.82) is 0 Å². The van der Waals surface area contributed by atoms with E-state index in [1.807, 2.05) is 0 Å².